The van der Waals surface area contributed by atoms with E-state index in [1.54, 1.807) is 6.92 Å². The third-order valence-corrected chi connectivity index (χ3v) is 7.40. The SMILES string of the molecule is CC1=Nc2c(cc(Cl)c(C)c2Cl)[Te+](Cl)O1. The van der Waals surface area contributed by atoms with Crippen LogP contribution in [0.15, 0.2) is 11.1 Å². The molecular weight excluding hydrogens is 372 g/mol. The van der Waals surface area contributed by atoms with E-state index in [9.17, 15) is 0 Å². The molecule has 1 aromatic rings. The second-order valence-electron chi connectivity index (χ2n) is 3.08. The van der Waals surface area contributed by atoms with Crippen LogP contribution in [0.5, 0.6) is 0 Å². The molecule has 0 fully saturated rings. The van der Waals surface area contributed by atoms with Gasteiger partial charge in [-0.05, 0) is 0 Å². The molecule has 0 atom stereocenters. The quantitative estimate of drug-likeness (QED) is 0.634. The monoisotopic (exact) mass is 380 g/mol. The van der Waals surface area contributed by atoms with Crippen molar-refractivity contribution in [2.75, 3.05) is 0 Å². The van der Waals surface area contributed by atoms with Crippen molar-refractivity contribution in [3.63, 3.8) is 0 Å². The summed E-state index contributed by atoms with van der Waals surface area (Å²) in [5.41, 5.74) is 1.56. The van der Waals surface area contributed by atoms with Gasteiger partial charge in [0.05, 0.1) is 0 Å². The number of benzene rings is 1. The molecule has 0 spiro atoms. The van der Waals surface area contributed by atoms with Crippen molar-refractivity contribution >= 4 is 66.2 Å². The Balaban J connectivity index is 2.72. The van der Waals surface area contributed by atoms with Crippen LogP contribution in [0.3, 0.4) is 0 Å². The van der Waals surface area contributed by atoms with E-state index < -0.39 is 18.8 Å². The second kappa shape index (κ2) is 4.31. The molecule has 1 aliphatic rings. The maximum atomic E-state index is 6.19. The molecule has 0 bridgehead atoms. The molecule has 0 aromatic heterocycles. The predicted molar refractivity (Wildman–Crippen MR) is 66.3 cm³/mol. The van der Waals surface area contributed by atoms with E-state index in [2.05, 4.69) is 4.99 Å². The Morgan fingerprint density at radius 1 is 1.33 bits per heavy atom. The fourth-order valence-electron chi connectivity index (χ4n) is 1.24. The van der Waals surface area contributed by atoms with Crippen LogP contribution in [-0.2, 0) is 3.10 Å². The third-order valence-electron chi connectivity index (χ3n) is 2.02. The Morgan fingerprint density at radius 2 is 2.00 bits per heavy atom. The number of hydrogen-bond acceptors (Lipinski definition) is 2. The zero-order valence-electron chi connectivity index (χ0n) is 7.97. The van der Waals surface area contributed by atoms with Gasteiger partial charge >= 0.3 is 110 Å². The Bertz CT molecular complexity index is 461. The summed E-state index contributed by atoms with van der Waals surface area (Å²) >= 11 is 9.94. The summed E-state index contributed by atoms with van der Waals surface area (Å²) in [5.74, 6) is 0.581. The van der Waals surface area contributed by atoms with Crippen molar-refractivity contribution < 1.29 is 3.10 Å². The van der Waals surface area contributed by atoms with Gasteiger partial charge in [-0.25, -0.2) is 0 Å². The molecule has 0 unspecified atom stereocenters. The Hall–Kier alpha value is 0.350. The summed E-state index contributed by atoms with van der Waals surface area (Å²) in [4.78, 5) is 4.26. The molecule has 0 radical (unpaired) electrons. The number of halogens is 3. The van der Waals surface area contributed by atoms with Gasteiger partial charge in [-0.3, -0.25) is 0 Å². The molecule has 0 amide bonds. The molecule has 2 nitrogen and oxygen atoms in total. The number of fused-ring (bicyclic) bond motifs is 1. The predicted octanol–water partition coefficient (Wildman–Crippen LogP) is 3.32. The van der Waals surface area contributed by atoms with E-state index in [0.29, 0.717) is 15.9 Å². The van der Waals surface area contributed by atoms with Gasteiger partial charge in [-0.2, -0.15) is 0 Å². The minimum absolute atomic E-state index is 0.576. The molecular formula is C9H7Cl3NOTe+. The molecule has 1 aromatic carbocycles. The first kappa shape index (κ1) is 11.8. The van der Waals surface area contributed by atoms with Crippen molar-refractivity contribution in [1.29, 1.82) is 0 Å². The molecule has 0 aliphatic carbocycles. The van der Waals surface area contributed by atoms with Crippen molar-refractivity contribution in [3.8, 4) is 0 Å². The van der Waals surface area contributed by atoms with Gasteiger partial charge in [0.25, 0.3) is 0 Å². The zero-order chi connectivity index (χ0) is 11.2. The summed E-state index contributed by atoms with van der Waals surface area (Å²) < 4.78 is 6.31. The summed E-state index contributed by atoms with van der Waals surface area (Å²) in [6, 6.07) is 1.82. The van der Waals surface area contributed by atoms with Crippen molar-refractivity contribution in [1.82, 2.24) is 0 Å². The van der Waals surface area contributed by atoms with E-state index >= 15 is 0 Å². The van der Waals surface area contributed by atoms with Crippen LogP contribution in [0, 0.1) is 6.92 Å². The molecule has 1 heterocycles. The Labute approximate surface area is 109 Å². The first-order valence-electron chi connectivity index (χ1n) is 4.13. The van der Waals surface area contributed by atoms with Gasteiger partial charge in [0.2, 0.25) is 0 Å². The summed E-state index contributed by atoms with van der Waals surface area (Å²) in [7, 11) is 6.19. The first-order chi connectivity index (χ1) is 7.00. The average molecular weight is 379 g/mol. The second-order valence-corrected chi connectivity index (χ2v) is 8.75. The zero-order valence-corrected chi connectivity index (χ0v) is 12.6. The first-order valence-corrected chi connectivity index (χ1v) is 9.96. The van der Waals surface area contributed by atoms with Gasteiger partial charge in [0.15, 0.2) is 0 Å². The Morgan fingerprint density at radius 3 is 2.67 bits per heavy atom. The number of hydrogen-bond donors (Lipinski definition) is 0. The van der Waals surface area contributed by atoms with Crippen LogP contribution in [0.25, 0.3) is 0 Å². The molecule has 0 N–H and O–H groups in total. The van der Waals surface area contributed by atoms with Gasteiger partial charge in [-0.15, -0.1) is 0 Å². The minimum atomic E-state index is -2.26. The van der Waals surface area contributed by atoms with Crippen LogP contribution < -0.4 is 3.61 Å². The summed E-state index contributed by atoms with van der Waals surface area (Å²) in [6.45, 7) is 3.64. The van der Waals surface area contributed by atoms with E-state index in [-0.39, 0.29) is 0 Å². The average Bonchev–Trinajstić information content (AvgIpc) is 2.17. The summed E-state index contributed by atoms with van der Waals surface area (Å²) in [6.07, 6.45) is 0. The van der Waals surface area contributed by atoms with Crippen molar-refractivity contribution in [2.45, 2.75) is 13.8 Å². The molecule has 1 aliphatic heterocycles. The van der Waals surface area contributed by atoms with E-state index in [4.69, 9.17) is 35.3 Å². The third kappa shape index (κ3) is 2.09. The molecule has 0 saturated heterocycles. The van der Waals surface area contributed by atoms with Crippen LogP contribution in [0.2, 0.25) is 10.0 Å². The maximum absolute atomic E-state index is 6.19. The molecule has 0 saturated carbocycles. The molecule has 15 heavy (non-hydrogen) atoms. The van der Waals surface area contributed by atoms with E-state index in [1.165, 1.54) is 0 Å². The number of nitrogens with zero attached hydrogens (tertiary/aromatic N) is 1. The van der Waals surface area contributed by atoms with Gasteiger partial charge in [0, 0.05) is 0 Å². The molecule has 6 heteroatoms. The molecule has 80 valence electrons. The van der Waals surface area contributed by atoms with Crippen LogP contribution in [0.1, 0.15) is 12.5 Å². The Kier molecular flexibility index (Phi) is 3.40. The fraction of sp³-hybridized carbons (Fsp3) is 0.222. The fourth-order valence-corrected chi connectivity index (χ4v) is 5.94. The standard InChI is InChI=1S/C9H7Cl3NOTe/c1-4-6(10)3-7-9(8(4)11)13-5(2)14-15(7)12/h3H,1-2H3/q+1. The van der Waals surface area contributed by atoms with E-state index in [1.807, 2.05) is 13.0 Å². The van der Waals surface area contributed by atoms with Gasteiger partial charge in [0.1, 0.15) is 0 Å². The van der Waals surface area contributed by atoms with Gasteiger partial charge < -0.3 is 0 Å². The summed E-state index contributed by atoms with van der Waals surface area (Å²) in [5, 5.41) is 1.19. The van der Waals surface area contributed by atoms with Crippen LogP contribution in [0.4, 0.5) is 5.69 Å². The van der Waals surface area contributed by atoms with Crippen molar-refractivity contribution in [3.05, 3.63) is 21.7 Å². The normalized spacial score (nSPS) is 15.7. The van der Waals surface area contributed by atoms with Crippen LogP contribution >= 0.6 is 32.2 Å². The number of aliphatic imine (C=N–C) groups is 1. The van der Waals surface area contributed by atoms with E-state index in [0.717, 1.165) is 14.9 Å². The molecule has 2 rings (SSSR count). The van der Waals surface area contributed by atoms with Crippen LogP contribution in [-0.4, -0.2) is 24.7 Å². The number of rotatable bonds is 0. The topological polar surface area (TPSA) is 21.6 Å². The van der Waals surface area contributed by atoms with Crippen molar-refractivity contribution in [2.24, 2.45) is 4.99 Å². The van der Waals surface area contributed by atoms with Gasteiger partial charge in [-0.1, -0.05) is 0 Å².